The van der Waals surface area contributed by atoms with Crippen LogP contribution in [0.4, 0.5) is 0 Å². The molecule has 25 heavy (non-hydrogen) atoms. The van der Waals surface area contributed by atoms with E-state index in [-0.39, 0.29) is 29.3 Å². The van der Waals surface area contributed by atoms with Crippen LogP contribution in [0.2, 0.25) is 0 Å². The van der Waals surface area contributed by atoms with Gasteiger partial charge in [-0.05, 0) is 37.1 Å². The minimum Gasteiger partial charge on any atom is -0.380 e. The van der Waals surface area contributed by atoms with Gasteiger partial charge in [0.05, 0.1) is 11.5 Å². The molecule has 2 heterocycles. The highest BCUT2D eigenvalue weighted by Gasteiger charge is 2.27. The van der Waals surface area contributed by atoms with E-state index in [0.717, 1.165) is 6.42 Å². The number of benzene rings is 1. The summed E-state index contributed by atoms with van der Waals surface area (Å²) in [4.78, 5) is 14.3. The Kier molecular flexibility index (Phi) is 6.81. The molecule has 2 aliphatic heterocycles. The molecule has 0 saturated carbocycles. The number of sulfonamides is 1. The zero-order valence-corrected chi connectivity index (χ0v) is 15.6. The van der Waals surface area contributed by atoms with Crippen LogP contribution >= 0.6 is 12.4 Å². The van der Waals surface area contributed by atoms with Gasteiger partial charge in [0.25, 0.3) is 5.91 Å². The van der Waals surface area contributed by atoms with E-state index in [0.29, 0.717) is 51.4 Å². The molecule has 9 heteroatoms. The predicted octanol–water partition coefficient (Wildman–Crippen LogP) is 0.693. The Morgan fingerprint density at radius 3 is 2.48 bits per heavy atom. The van der Waals surface area contributed by atoms with Crippen LogP contribution in [0.15, 0.2) is 29.2 Å². The molecule has 1 aromatic rings. The number of likely N-dealkylation sites (tertiary alicyclic amines) is 1. The first kappa shape index (κ1) is 20.1. The molecular formula is C16H24ClN3O4S. The van der Waals surface area contributed by atoms with Gasteiger partial charge in [-0.2, -0.15) is 4.31 Å². The molecule has 2 saturated heterocycles. The lowest BCUT2D eigenvalue weighted by Gasteiger charge is -2.20. The van der Waals surface area contributed by atoms with Crippen molar-refractivity contribution in [2.75, 3.05) is 39.4 Å². The van der Waals surface area contributed by atoms with Crippen LogP contribution in [0, 0.1) is 0 Å². The van der Waals surface area contributed by atoms with Gasteiger partial charge in [0.2, 0.25) is 10.0 Å². The Labute approximate surface area is 154 Å². The summed E-state index contributed by atoms with van der Waals surface area (Å²) in [5.41, 5.74) is 6.32. The molecule has 7 nitrogen and oxygen atoms in total. The van der Waals surface area contributed by atoms with Crippen molar-refractivity contribution >= 4 is 28.3 Å². The Balaban J connectivity index is 0.00000225. The van der Waals surface area contributed by atoms with Gasteiger partial charge in [0.15, 0.2) is 0 Å². The van der Waals surface area contributed by atoms with Gasteiger partial charge < -0.3 is 15.4 Å². The van der Waals surface area contributed by atoms with E-state index in [9.17, 15) is 13.2 Å². The Morgan fingerprint density at radius 2 is 1.84 bits per heavy atom. The summed E-state index contributed by atoms with van der Waals surface area (Å²) >= 11 is 0. The van der Waals surface area contributed by atoms with Crippen molar-refractivity contribution in [3.63, 3.8) is 0 Å². The lowest BCUT2D eigenvalue weighted by molar-refractivity contribution is 0.0791. The van der Waals surface area contributed by atoms with Gasteiger partial charge >= 0.3 is 0 Å². The van der Waals surface area contributed by atoms with E-state index in [4.69, 9.17) is 10.5 Å². The van der Waals surface area contributed by atoms with E-state index >= 15 is 0 Å². The lowest BCUT2D eigenvalue weighted by atomic mass is 10.2. The molecule has 1 unspecified atom stereocenters. The van der Waals surface area contributed by atoms with Crippen molar-refractivity contribution in [3.05, 3.63) is 29.8 Å². The monoisotopic (exact) mass is 389 g/mol. The van der Waals surface area contributed by atoms with Crippen LogP contribution in [0.25, 0.3) is 0 Å². The predicted molar refractivity (Wildman–Crippen MR) is 96.4 cm³/mol. The average Bonchev–Trinajstić information content (AvgIpc) is 2.84. The van der Waals surface area contributed by atoms with Crippen LogP contribution in [-0.4, -0.2) is 69.0 Å². The van der Waals surface area contributed by atoms with Crippen molar-refractivity contribution in [1.82, 2.24) is 9.21 Å². The van der Waals surface area contributed by atoms with Crippen molar-refractivity contribution in [3.8, 4) is 0 Å². The molecule has 0 aliphatic carbocycles. The number of nitrogens with zero attached hydrogens (tertiary/aromatic N) is 2. The summed E-state index contributed by atoms with van der Waals surface area (Å²) in [6, 6.07) is 6.19. The minimum absolute atomic E-state index is 0. The van der Waals surface area contributed by atoms with E-state index in [1.807, 2.05) is 0 Å². The van der Waals surface area contributed by atoms with Gasteiger partial charge in [0.1, 0.15) is 0 Å². The molecule has 140 valence electrons. The fourth-order valence-electron chi connectivity index (χ4n) is 3.04. The molecule has 1 aromatic carbocycles. The maximum absolute atomic E-state index is 12.7. The van der Waals surface area contributed by atoms with Crippen molar-refractivity contribution in [2.45, 2.75) is 23.8 Å². The highest BCUT2D eigenvalue weighted by atomic mass is 35.5. The number of hydrogen-bond acceptors (Lipinski definition) is 5. The number of amides is 1. The first-order valence-corrected chi connectivity index (χ1v) is 9.65. The SMILES string of the molecule is Cl.NC1CCN(C(=O)c2ccc(S(=O)(=O)N3CCCOCC3)cc2)C1. The van der Waals surface area contributed by atoms with Crippen molar-refractivity contribution in [1.29, 1.82) is 0 Å². The van der Waals surface area contributed by atoms with Crippen LogP contribution in [0.3, 0.4) is 0 Å². The quantitative estimate of drug-likeness (QED) is 0.821. The average molecular weight is 390 g/mol. The van der Waals surface area contributed by atoms with Crippen LogP contribution in [0.1, 0.15) is 23.2 Å². The topological polar surface area (TPSA) is 92.9 Å². The second-order valence-corrected chi connectivity index (χ2v) is 8.13. The van der Waals surface area contributed by atoms with Crippen LogP contribution in [-0.2, 0) is 14.8 Å². The largest absolute Gasteiger partial charge is 0.380 e. The van der Waals surface area contributed by atoms with Gasteiger partial charge in [-0.3, -0.25) is 4.79 Å². The third-order valence-electron chi connectivity index (χ3n) is 4.43. The molecule has 2 aliphatic rings. The second-order valence-electron chi connectivity index (χ2n) is 6.19. The fraction of sp³-hybridized carbons (Fsp3) is 0.562. The Bertz CT molecular complexity index is 688. The van der Waals surface area contributed by atoms with Gasteiger partial charge in [-0.25, -0.2) is 8.42 Å². The van der Waals surface area contributed by atoms with Gasteiger partial charge in [-0.15, -0.1) is 12.4 Å². The first-order valence-electron chi connectivity index (χ1n) is 8.21. The molecule has 0 aromatic heterocycles. The maximum Gasteiger partial charge on any atom is 0.253 e. The van der Waals surface area contributed by atoms with Crippen molar-refractivity contribution < 1.29 is 17.9 Å². The number of carbonyl (C=O) groups excluding carboxylic acids is 1. The third-order valence-corrected chi connectivity index (χ3v) is 6.35. The van der Waals surface area contributed by atoms with E-state index in [2.05, 4.69) is 0 Å². The fourth-order valence-corrected chi connectivity index (χ4v) is 4.50. The molecular weight excluding hydrogens is 366 g/mol. The molecule has 0 spiro atoms. The third kappa shape index (κ3) is 4.51. The Morgan fingerprint density at radius 1 is 1.12 bits per heavy atom. The van der Waals surface area contributed by atoms with E-state index < -0.39 is 10.0 Å². The number of halogens is 1. The molecule has 1 atom stereocenters. The standard InChI is InChI=1S/C16H23N3O4S.ClH/c17-14-6-8-18(12-14)16(20)13-2-4-15(5-3-13)24(21,22)19-7-1-10-23-11-9-19;/h2-5,14H,1,6-12,17H2;1H. The summed E-state index contributed by atoms with van der Waals surface area (Å²) in [6.45, 7) is 2.99. The number of hydrogen-bond donors (Lipinski definition) is 1. The minimum atomic E-state index is -3.55. The zero-order chi connectivity index (χ0) is 17.2. The molecule has 2 N–H and O–H groups in total. The summed E-state index contributed by atoms with van der Waals surface area (Å²) in [7, 11) is -3.55. The molecule has 3 rings (SSSR count). The second kappa shape index (κ2) is 8.46. The number of ether oxygens (including phenoxy) is 1. The number of rotatable bonds is 3. The smallest absolute Gasteiger partial charge is 0.253 e. The highest BCUT2D eigenvalue weighted by Crippen LogP contribution is 2.19. The normalized spacial score (nSPS) is 22.3. The summed E-state index contributed by atoms with van der Waals surface area (Å²) < 4.78 is 32.1. The van der Waals surface area contributed by atoms with E-state index in [1.54, 1.807) is 17.0 Å². The van der Waals surface area contributed by atoms with Crippen LogP contribution in [0.5, 0.6) is 0 Å². The zero-order valence-electron chi connectivity index (χ0n) is 14.0. The lowest BCUT2D eigenvalue weighted by Crippen LogP contribution is -2.33. The molecule has 0 bridgehead atoms. The van der Waals surface area contributed by atoms with E-state index in [1.165, 1.54) is 16.4 Å². The summed E-state index contributed by atoms with van der Waals surface area (Å²) in [5.74, 6) is -0.102. The van der Waals surface area contributed by atoms with Gasteiger partial charge in [-0.1, -0.05) is 0 Å². The number of carbonyl (C=O) groups is 1. The summed E-state index contributed by atoms with van der Waals surface area (Å²) in [6.07, 6.45) is 1.49. The molecule has 2 fully saturated rings. The van der Waals surface area contributed by atoms with Gasteiger partial charge in [0, 0.05) is 44.4 Å². The molecule has 1 amide bonds. The summed E-state index contributed by atoms with van der Waals surface area (Å²) in [5, 5.41) is 0. The first-order chi connectivity index (χ1) is 11.5. The highest BCUT2D eigenvalue weighted by molar-refractivity contribution is 7.89. The maximum atomic E-state index is 12.7. The molecule has 0 radical (unpaired) electrons. The Hall–Kier alpha value is -1.19. The van der Waals surface area contributed by atoms with Crippen LogP contribution < -0.4 is 5.73 Å². The van der Waals surface area contributed by atoms with Crippen molar-refractivity contribution in [2.24, 2.45) is 5.73 Å². The number of nitrogens with two attached hydrogens (primary N) is 1.